The molecule has 1 aliphatic heterocycles. The van der Waals surface area contributed by atoms with Crippen molar-refractivity contribution in [2.24, 2.45) is 0 Å². The Labute approximate surface area is 138 Å². The highest BCUT2D eigenvalue weighted by atomic mass is 32.2. The van der Waals surface area contributed by atoms with Crippen LogP contribution in [0.5, 0.6) is 5.75 Å². The molecule has 0 amide bonds. The summed E-state index contributed by atoms with van der Waals surface area (Å²) >= 11 is 0. The second kappa shape index (κ2) is 7.15. The Morgan fingerprint density at radius 3 is 2.57 bits per heavy atom. The van der Waals surface area contributed by atoms with Crippen LogP contribution >= 0.6 is 0 Å². The van der Waals surface area contributed by atoms with Crippen molar-refractivity contribution in [3.63, 3.8) is 0 Å². The largest absolute Gasteiger partial charge is 0.489 e. The fourth-order valence-corrected chi connectivity index (χ4v) is 5.07. The van der Waals surface area contributed by atoms with E-state index in [1.54, 1.807) is 40.2 Å². The highest BCUT2D eigenvalue weighted by molar-refractivity contribution is 7.86. The summed E-state index contributed by atoms with van der Waals surface area (Å²) in [5.41, 5.74) is 0. The van der Waals surface area contributed by atoms with Crippen molar-refractivity contribution in [2.45, 2.75) is 50.7 Å². The topological polar surface area (TPSA) is 62.7 Å². The van der Waals surface area contributed by atoms with Gasteiger partial charge in [0.05, 0.1) is 6.54 Å². The fraction of sp³-hybridized carbons (Fsp3) is 0.688. The second-order valence-electron chi connectivity index (χ2n) is 6.39. The minimum absolute atomic E-state index is 0.0908. The highest BCUT2D eigenvalue weighted by Crippen LogP contribution is 2.27. The van der Waals surface area contributed by atoms with Gasteiger partial charge in [-0.15, -0.1) is 0 Å². The van der Waals surface area contributed by atoms with Crippen molar-refractivity contribution >= 4 is 10.2 Å². The van der Waals surface area contributed by atoms with Gasteiger partial charge in [0.2, 0.25) is 0 Å². The summed E-state index contributed by atoms with van der Waals surface area (Å²) in [6.45, 7) is 0.941. The fourth-order valence-electron chi connectivity index (χ4n) is 3.43. The summed E-state index contributed by atoms with van der Waals surface area (Å²) in [5.74, 6) is 0.741. The van der Waals surface area contributed by atoms with E-state index < -0.39 is 10.2 Å². The Balaban J connectivity index is 1.60. The van der Waals surface area contributed by atoms with Crippen LogP contribution in [-0.2, 0) is 10.2 Å². The van der Waals surface area contributed by atoms with Gasteiger partial charge in [-0.2, -0.15) is 17.0 Å². The van der Waals surface area contributed by atoms with E-state index >= 15 is 0 Å². The zero-order valence-corrected chi connectivity index (χ0v) is 14.4. The minimum atomic E-state index is -3.39. The lowest BCUT2D eigenvalue weighted by Crippen LogP contribution is -2.46. The monoisotopic (exact) mass is 339 g/mol. The molecule has 2 aliphatic rings. The quantitative estimate of drug-likeness (QED) is 0.824. The van der Waals surface area contributed by atoms with E-state index in [-0.39, 0.29) is 12.1 Å². The third kappa shape index (κ3) is 3.84. The molecule has 0 N–H and O–H groups in total. The first-order valence-corrected chi connectivity index (χ1v) is 9.77. The molecule has 1 atom stereocenters. The lowest BCUT2D eigenvalue weighted by molar-refractivity contribution is 0.211. The van der Waals surface area contributed by atoms with Crippen LogP contribution in [0, 0.1) is 0 Å². The van der Waals surface area contributed by atoms with Gasteiger partial charge < -0.3 is 4.74 Å². The first-order valence-electron chi connectivity index (χ1n) is 8.37. The van der Waals surface area contributed by atoms with Gasteiger partial charge in [0, 0.05) is 32.0 Å². The maximum atomic E-state index is 12.8. The zero-order valence-electron chi connectivity index (χ0n) is 13.6. The number of aromatic nitrogens is 1. The molecular weight excluding hydrogens is 314 g/mol. The zero-order chi connectivity index (χ0) is 16.3. The number of nitrogens with zero attached hydrogens (tertiary/aromatic N) is 3. The molecule has 2 heterocycles. The Hall–Kier alpha value is -1.18. The first kappa shape index (κ1) is 16.7. The van der Waals surface area contributed by atoms with E-state index in [1.807, 2.05) is 0 Å². The van der Waals surface area contributed by atoms with E-state index in [4.69, 9.17) is 4.74 Å². The molecule has 1 aromatic heterocycles. The number of hydrogen-bond donors (Lipinski definition) is 0. The first-order chi connectivity index (χ1) is 11.1. The third-order valence-corrected chi connectivity index (χ3v) is 6.85. The van der Waals surface area contributed by atoms with Crippen LogP contribution in [0.1, 0.15) is 38.5 Å². The Bertz CT molecular complexity index is 602. The lowest BCUT2D eigenvalue weighted by atomic mass is 9.96. The molecule has 1 saturated carbocycles. The van der Waals surface area contributed by atoms with Crippen molar-refractivity contribution in [1.82, 2.24) is 13.6 Å². The van der Waals surface area contributed by atoms with Crippen LogP contribution in [0.15, 0.2) is 24.5 Å². The van der Waals surface area contributed by atoms with E-state index in [0.29, 0.717) is 13.1 Å². The number of rotatable bonds is 5. The van der Waals surface area contributed by atoms with Gasteiger partial charge in [-0.3, -0.25) is 4.98 Å². The van der Waals surface area contributed by atoms with Crippen molar-refractivity contribution < 1.29 is 13.2 Å². The van der Waals surface area contributed by atoms with Crippen LogP contribution in [0.25, 0.3) is 0 Å². The van der Waals surface area contributed by atoms with E-state index in [0.717, 1.165) is 37.9 Å². The molecule has 0 spiro atoms. The molecular formula is C16H25N3O3S. The van der Waals surface area contributed by atoms with Crippen LogP contribution in [0.3, 0.4) is 0 Å². The number of pyridine rings is 1. The SMILES string of the molecule is CN(C1CCCCC1)S(=O)(=O)N1CC[C@@H](Oc2ccncc2)C1. The average Bonchev–Trinajstić information content (AvgIpc) is 3.05. The smallest absolute Gasteiger partial charge is 0.282 e. The molecule has 1 saturated heterocycles. The predicted molar refractivity (Wildman–Crippen MR) is 88.4 cm³/mol. The van der Waals surface area contributed by atoms with Gasteiger partial charge in [0.25, 0.3) is 10.2 Å². The second-order valence-corrected chi connectivity index (χ2v) is 8.37. The minimum Gasteiger partial charge on any atom is -0.489 e. The van der Waals surface area contributed by atoms with Crippen LogP contribution in [0.4, 0.5) is 0 Å². The maximum absolute atomic E-state index is 12.8. The summed E-state index contributed by atoms with van der Waals surface area (Å²) in [6.07, 6.45) is 9.39. The molecule has 0 radical (unpaired) electrons. The van der Waals surface area contributed by atoms with E-state index in [9.17, 15) is 8.42 Å². The number of ether oxygens (including phenoxy) is 1. The summed E-state index contributed by atoms with van der Waals surface area (Å²) in [7, 11) is -1.66. The molecule has 128 valence electrons. The van der Waals surface area contributed by atoms with Gasteiger partial charge in [-0.25, -0.2) is 0 Å². The van der Waals surface area contributed by atoms with E-state index in [2.05, 4.69) is 4.98 Å². The van der Waals surface area contributed by atoms with E-state index in [1.165, 1.54) is 6.42 Å². The molecule has 0 bridgehead atoms. The van der Waals surface area contributed by atoms with Crippen molar-refractivity contribution in [2.75, 3.05) is 20.1 Å². The molecule has 1 aliphatic carbocycles. The Morgan fingerprint density at radius 1 is 1.17 bits per heavy atom. The van der Waals surface area contributed by atoms with Crippen molar-refractivity contribution in [1.29, 1.82) is 0 Å². The molecule has 7 heteroatoms. The molecule has 0 aromatic carbocycles. The van der Waals surface area contributed by atoms with Crippen LogP contribution in [-0.4, -0.2) is 54.3 Å². The Morgan fingerprint density at radius 2 is 1.87 bits per heavy atom. The highest BCUT2D eigenvalue weighted by Gasteiger charge is 2.37. The van der Waals surface area contributed by atoms with Gasteiger partial charge >= 0.3 is 0 Å². The third-order valence-electron chi connectivity index (χ3n) is 4.84. The molecule has 6 nitrogen and oxygen atoms in total. The summed E-state index contributed by atoms with van der Waals surface area (Å²) in [6, 6.07) is 3.74. The molecule has 2 fully saturated rings. The summed E-state index contributed by atoms with van der Waals surface area (Å²) < 4.78 is 34.6. The standard InChI is InChI=1S/C16H25N3O3S/c1-18(14-5-3-2-4-6-14)23(20,21)19-12-9-16(13-19)22-15-7-10-17-11-8-15/h7-8,10-11,14,16H,2-6,9,12-13H2,1H3/t16-/m1/s1. The van der Waals surface area contributed by atoms with Gasteiger partial charge in [-0.05, 0) is 31.4 Å². The van der Waals surface area contributed by atoms with Crippen LogP contribution in [0.2, 0.25) is 0 Å². The summed E-state index contributed by atoms with van der Waals surface area (Å²) in [4.78, 5) is 3.96. The maximum Gasteiger partial charge on any atom is 0.282 e. The molecule has 0 unspecified atom stereocenters. The van der Waals surface area contributed by atoms with Gasteiger partial charge in [-0.1, -0.05) is 19.3 Å². The summed E-state index contributed by atoms with van der Waals surface area (Å²) in [5, 5.41) is 0. The number of hydrogen-bond acceptors (Lipinski definition) is 4. The molecule has 3 rings (SSSR count). The normalized spacial score (nSPS) is 24.2. The molecule has 1 aromatic rings. The van der Waals surface area contributed by atoms with Crippen LogP contribution < -0.4 is 4.74 Å². The Kier molecular flexibility index (Phi) is 5.18. The van der Waals surface area contributed by atoms with Gasteiger partial charge in [0.15, 0.2) is 0 Å². The van der Waals surface area contributed by atoms with Gasteiger partial charge in [0.1, 0.15) is 11.9 Å². The molecule has 23 heavy (non-hydrogen) atoms. The van der Waals surface area contributed by atoms with Crippen molar-refractivity contribution in [3.8, 4) is 5.75 Å². The van der Waals surface area contributed by atoms with Crippen molar-refractivity contribution in [3.05, 3.63) is 24.5 Å². The predicted octanol–water partition coefficient (Wildman–Crippen LogP) is 2.04. The lowest BCUT2D eigenvalue weighted by Gasteiger charge is -2.33. The average molecular weight is 339 g/mol.